The summed E-state index contributed by atoms with van der Waals surface area (Å²) in [7, 11) is 0. The van der Waals surface area contributed by atoms with Crippen LogP contribution in [0, 0.1) is 13.8 Å². The zero-order valence-electron chi connectivity index (χ0n) is 33.3. The molecule has 0 amide bonds. The number of rotatable bonds is 9. The maximum Gasteiger partial charge on any atom is 2.00 e. The molecule has 6 rings (SSSR count). The summed E-state index contributed by atoms with van der Waals surface area (Å²) in [6.07, 6.45) is 0. The summed E-state index contributed by atoms with van der Waals surface area (Å²) in [6.45, 7) is 21.7. The number of phenols is 2. The molecular weight excluding hydrogens is 756 g/mol. The first-order valence-electron chi connectivity index (χ1n) is 18.5. The van der Waals surface area contributed by atoms with Gasteiger partial charge in [-0.1, -0.05) is 114 Å². The second-order valence-corrected chi connectivity index (χ2v) is 15.4. The van der Waals surface area contributed by atoms with Gasteiger partial charge in [0.05, 0.1) is 26.4 Å². The summed E-state index contributed by atoms with van der Waals surface area (Å²) in [5, 5.41) is 22.2. The summed E-state index contributed by atoms with van der Waals surface area (Å²) in [5.74, 6) is 0.495. The van der Waals surface area contributed by atoms with Crippen LogP contribution in [0.1, 0.15) is 74.9 Å². The van der Waals surface area contributed by atoms with Crippen LogP contribution >= 0.6 is 0 Å². The minimum Gasteiger partial charge on any atom is -0.507 e. The Labute approximate surface area is 349 Å². The number of ether oxygens (including phenoxy) is 2. The van der Waals surface area contributed by atoms with Crippen molar-refractivity contribution in [1.82, 2.24) is 0 Å². The predicted octanol–water partition coefficient (Wildman–Crippen LogP) is 12.5. The van der Waals surface area contributed by atoms with Crippen molar-refractivity contribution in [3.8, 4) is 33.8 Å². The summed E-state index contributed by atoms with van der Waals surface area (Å²) in [6, 6.07) is 47.8. The molecule has 0 spiro atoms. The van der Waals surface area contributed by atoms with Crippen LogP contribution in [0.2, 0.25) is 0 Å². The van der Waals surface area contributed by atoms with Gasteiger partial charge in [0.1, 0.15) is 11.5 Å². The fourth-order valence-corrected chi connectivity index (χ4v) is 5.59. The van der Waals surface area contributed by atoms with Gasteiger partial charge in [-0.2, -0.15) is 49.2 Å². The van der Waals surface area contributed by atoms with E-state index in [0.717, 1.165) is 55.6 Å². The van der Waals surface area contributed by atoms with E-state index in [4.69, 9.17) is 9.47 Å². The van der Waals surface area contributed by atoms with Gasteiger partial charge in [0.2, 0.25) is 0 Å². The van der Waals surface area contributed by atoms with Gasteiger partial charge in [0.25, 0.3) is 0 Å². The SMILES string of the molecule is CC(C)(C)c1cc(COCCOCc2cc(C(C)(C)C)cc(-c3ccccc3)c2O)c(O)c(-c2ccccc2)c1.[CH2-]c1ccccc1.[CH2-]c1ccccc1.[Zr+2]. The second kappa shape index (κ2) is 21.5. The van der Waals surface area contributed by atoms with E-state index in [0.29, 0.717) is 13.2 Å². The van der Waals surface area contributed by atoms with E-state index in [2.05, 4.69) is 67.5 Å². The zero-order chi connectivity index (χ0) is 39.1. The fraction of sp³-hybridized carbons (Fsp3) is 0.240. The molecule has 0 unspecified atom stereocenters. The molecule has 0 radical (unpaired) electrons. The minimum absolute atomic E-state index is 0. The number of hydrogen-bond acceptors (Lipinski definition) is 4. The van der Waals surface area contributed by atoms with Crippen LogP contribution in [0.5, 0.6) is 11.5 Å². The van der Waals surface area contributed by atoms with E-state index in [1.165, 1.54) is 0 Å². The summed E-state index contributed by atoms with van der Waals surface area (Å²) in [4.78, 5) is 0. The molecule has 0 saturated carbocycles. The van der Waals surface area contributed by atoms with Gasteiger partial charge in [0, 0.05) is 22.3 Å². The molecule has 0 saturated heterocycles. The summed E-state index contributed by atoms with van der Waals surface area (Å²) >= 11 is 0. The standard InChI is InChI=1S/C36H42O4.2C7H7.Zr/c1-35(2,3)29-19-27(33(37)31(21-29)25-13-9-7-10-14-25)23-39-17-18-40-24-28-20-30(36(4,5)6)22-32(34(28)38)26-15-11-8-12-16-26;2*1-7-5-3-2-4-6-7;/h7-16,19-22,37-38H,17-18,23-24H2,1-6H3;2*2-6H,1H2;/q;2*-1;+2. The van der Waals surface area contributed by atoms with Crippen LogP contribution in [0.3, 0.4) is 0 Å². The Bertz CT molecular complexity index is 1850. The third kappa shape index (κ3) is 14.2. The Hall–Kier alpha value is -4.54. The Morgan fingerprint density at radius 3 is 1.00 bits per heavy atom. The second-order valence-electron chi connectivity index (χ2n) is 15.4. The van der Waals surface area contributed by atoms with Crippen molar-refractivity contribution < 1.29 is 45.9 Å². The van der Waals surface area contributed by atoms with Gasteiger partial charge >= 0.3 is 26.2 Å². The first-order chi connectivity index (χ1) is 25.7. The molecule has 0 aliphatic carbocycles. The Morgan fingerprint density at radius 1 is 0.455 bits per heavy atom. The van der Waals surface area contributed by atoms with Crippen molar-refractivity contribution in [2.75, 3.05) is 13.2 Å². The van der Waals surface area contributed by atoms with E-state index in [1.54, 1.807) is 0 Å². The molecule has 55 heavy (non-hydrogen) atoms. The van der Waals surface area contributed by atoms with E-state index < -0.39 is 0 Å². The molecule has 0 aliphatic rings. The first-order valence-corrected chi connectivity index (χ1v) is 18.5. The molecule has 0 atom stereocenters. The normalized spacial score (nSPS) is 10.9. The Morgan fingerprint density at radius 2 is 0.745 bits per heavy atom. The van der Waals surface area contributed by atoms with E-state index in [-0.39, 0.29) is 61.7 Å². The smallest absolute Gasteiger partial charge is 0.507 e. The van der Waals surface area contributed by atoms with Gasteiger partial charge < -0.3 is 19.7 Å². The molecule has 284 valence electrons. The number of benzene rings is 6. The first kappa shape index (κ1) is 44.9. The van der Waals surface area contributed by atoms with Gasteiger partial charge in [0.15, 0.2) is 0 Å². The summed E-state index contributed by atoms with van der Waals surface area (Å²) < 4.78 is 11.9. The van der Waals surface area contributed by atoms with Crippen molar-refractivity contribution >= 4 is 0 Å². The van der Waals surface area contributed by atoms with Crippen molar-refractivity contribution in [1.29, 1.82) is 0 Å². The molecule has 0 aromatic heterocycles. The van der Waals surface area contributed by atoms with Gasteiger partial charge in [-0.25, -0.2) is 0 Å². The molecule has 0 aliphatic heterocycles. The quantitative estimate of drug-likeness (QED) is 0.113. The molecule has 6 aromatic rings. The van der Waals surface area contributed by atoms with Crippen LogP contribution < -0.4 is 0 Å². The average Bonchev–Trinajstić information content (AvgIpc) is 3.15. The summed E-state index contributed by atoms with van der Waals surface area (Å²) in [5.41, 5.74) is 9.37. The van der Waals surface area contributed by atoms with Crippen molar-refractivity contribution in [3.05, 3.63) is 193 Å². The molecule has 2 N–H and O–H groups in total. The van der Waals surface area contributed by atoms with Crippen LogP contribution in [0.4, 0.5) is 0 Å². The van der Waals surface area contributed by atoms with Crippen molar-refractivity contribution in [2.45, 2.75) is 65.6 Å². The van der Waals surface area contributed by atoms with Crippen LogP contribution in [-0.2, 0) is 59.7 Å². The van der Waals surface area contributed by atoms with Crippen molar-refractivity contribution in [3.63, 3.8) is 0 Å². The van der Waals surface area contributed by atoms with Gasteiger partial charge in [-0.05, 0) is 57.3 Å². The monoisotopic (exact) mass is 810 g/mol. The Balaban J connectivity index is 0.000000450. The van der Waals surface area contributed by atoms with E-state index in [1.807, 2.05) is 133 Å². The average molecular weight is 812 g/mol. The molecule has 6 aromatic carbocycles. The van der Waals surface area contributed by atoms with E-state index in [9.17, 15) is 10.2 Å². The molecule has 0 heterocycles. The minimum atomic E-state index is -0.0721. The molecule has 5 heteroatoms. The van der Waals surface area contributed by atoms with Crippen LogP contribution in [0.15, 0.2) is 146 Å². The fourth-order valence-electron chi connectivity index (χ4n) is 5.59. The predicted molar refractivity (Wildman–Crippen MR) is 226 cm³/mol. The van der Waals surface area contributed by atoms with Crippen LogP contribution in [0.25, 0.3) is 22.3 Å². The topological polar surface area (TPSA) is 58.9 Å². The van der Waals surface area contributed by atoms with E-state index >= 15 is 0 Å². The van der Waals surface area contributed by atoms with Gasteiger partial charge in [-0.15, -0.1) is 24.3 Å². The Kier molecular flexibility index (Phi) is 17.6. The zero-order valence-corrected chi connectivity index (χ0v) is 35.8. The molecule has 0 bridgehead atoms. The third-order valence-corrected chi connectivity index (χ3v) is 8.85. The van der Waals surface area contributed by atoms with Gasteiger partial charge in [-0.3, -0.25) is 0 Å². The number of phenolic OH excluding ortho intramolecular Hbond substituents is 2. The van der Waals surface area contributed by atoms with Crippen molar-refractivity contribution in [2.24, 2.45) is 0 Å². The maximum atomic E-state index is 11.1. The maximum absolute atomic E-state index is 11.1. The molecule has 0 fully saturated rings. The van der Waals surface area contributed by atoms with Crippen LogP contribution in [-0.4, -0.2) is 23.4 Å². The third-order valence-electron chi connectivity index (χ3n) is 8.85. The number of hydrogen-bond donors (Lipinski definition) is 2. The number of aromatic hydroxyl groups is 2. The molecule has 4 nitrogen and oxygen atoms in total. The largest absolute Gasteiger partial charge is 2.00 e. The molecular formula is C50H56O4Zr.